The Bertz CT molecular complexity index is 320. The van der Waals surface area contributed by atoms with Gasteiger partial charge in [-0.25, -0.2) is 4.39 Å². The number of alkyl halides is 1. The molecule has 0 heterocycles. The lowest BCUT2D eigenvalue weighted by Crippen LogP contribution is -2.51. The van der Waals surface area contributed by atoms with E-state index in [1.807, 2.05) is 25.1 Å². The van der Waals surface area contributed by atoms with Gasteiger partial charge in [-0.1, -0.05) is 37.3 Å². The molecule has 2 heteroatoms. The molecule has 1 saturated carbocycles. The van der Waals surface area contributed by atoms with E-state index in [4.69, 9.17) is 0 Å². The molecule has 1 aliphatic rings. The standard InChI is InChI=1S/C12H15FO/c1-11(9-14)7-8-12(11,13)10-5-3-2-4-6-10/h2-6,14H,7-9H2,1H3. The molecule has 2 unspecified atom stereocenters. The van der Waals surface area contributed by atoms with Crippen LogP contribution in [0.4, 0.5) is 4.39 Å². The summed E-state index contributed by atoms with van der Waals surface area (Å²) in [6, 6.07) is 9.15. The summed E-state index contributed by atoms with van der Waals surface area (Å²) in [6.45, 7) is 1.72. The van der Waals surface area contributed by atoms with Crippen LogP contribution in [0.5, 0.6) is 0 Å². The minimum Gasteiger partial charge on any atom is -0.396 e. The molecule has 0 amide bonds. The molecule has 1 N–H and O–H groups in total. The van der Waals surface area contributed by atoms with Gasteiger partial charge < -0.3 is 5.11 Å². The monoisotopic (exact) mass is 194 g/mol. The van der Waals surface area contributed by atoms with E-state index in [1.54, 1.807) is 12.1 Å². The summed E-state index contributed by atoms with van der Waals surface area (Å²) in [7, 11) is 0. The largest absolute Gasteiger partial charge is 0.396 e. The van der Waals surface area contributed by atoms with Gasteiger partial charge in [0.1, 0.15) is 5.67 Å². The van der Waals surface area contributed by atoms with Gasteiger partial charge in [0.05, 0.1) is 6.61 Å². The summed E-state index contributed by atoms with van der Waals surface area (Å²) in [5.41, 5.74) is -1.22. The van der Waals surface area contributed by atoms with Crippen molar-refractivity contribution in [1.82, 2.24) is 0 Å². The van der Waals surface area contributed by atoms with Gasteiger partial charge in [0.15, 0.2) is 0 Å². The maximum absolute atomic E-state index is 14.5. The number of hydrogen-bond acceptors (Lipinski definition) is 1. The van der Waals surface area contributed by atoms with E-state index >= 15 is 0 Å². The predicted octanol–water partition coefficient (Wildman–Crippen LogP) is 2.64. The lowest BCUT2D eigenvalue weighted by atomic mass is 9.57. The van der Waals surface area contributed by atoms with Gasteiger partial charge >= 0.3 is 0 Å². The van der Waals surface area contributed by atoms with Gasteiger partial charge in [0.25, 0.3) is 0 Å². The van der Waals surface area contributed by atoms with Crippen molar-refractivity contribution in [1.29, 1.82) is 0 Å². The molecule has 0 aromatic heterocycles. The van der Waals surface area contributed by atoms with Crippen molar-refractivity contribution in [2.45, 2.75) is 25.4 Å². The van der Waals surface area contributed by atoms with Crippen molar-refractivity contribution in [3.8, 4) is 0 Å². The van der Waals surface area contributed by atoms with Crippen molar-refractivity contribution in [2.75, 3.05) is 6.61 Å². The average molecular weight is 194 g/mol. The van der Waals surface area contributed by atoms with Crippen molar-refractivity contribution >= 4 is 0 Å². The van der Waals surface area contributed by atoms with Crippen molar-refractivity contribution in [2.24, 2.45) is 5.41 Å². The van der Waals surface area contributed by atoms with Crippen LogP contribution < -0.4 is 0 Å². The smallest absolute Gasteiger partial charge is 0.143 e. The zero-order chi connectivity index (χ0) is 10.2. The van der Waals surface area contributed by atoms with Gasteiger partial charge in [0, 0.05) is 5.41 Å². The van der Waals surface area contributed by atoms with Crippen LogP contribution in [-0.2, 0) is 5.67 Å². The number of rotatable bonds is 2. The Morgan fingerprint density at radius 1 is 1.29 bits per heavy atom. The van der Waals surface area contributed by atoms with E-state index in [9.17, 15) is 9.50 Å². The summed E-state index contributed by atoms with van der Waals surface area (Å²) in [5.74, 6) is 0. The number of halogens is 1. The molecule has 2 atom stereocenters. The Morgan fingerprint density at radius 3 is 2.36 bits per heavy atom. The van der Waals surface area contributed by atoms with Crippen LogP contribution in [0.3, 0.4) is 0 Å². The molecular formula is C12H15FO. The summed E-state index contributed by atoms with van der Waals surface area (Å²) < 4.78 is 14.5. The van der Waals surface area contributed by atoms with E-state index in [-0.39, 0.29) is 6.61 Å². The summed E-state index contributed by atoms with van der Waals surface area (Å²) in [5, 5.41) is 9.20. The quantitative estimate of drug-likeness (QED) is 0.767. The fourth-order valence-electron chi connectivity index (χ4n) is 2.17. The minimum atomic E-state index is -1.33. The van der Waals surface area contributed by atoms with Crippen molar-refractivity contribution in [3.63, 3.8) is 0 Å². The normalized spacial score (nSPS) is 36.5. The average Bonchev–Trinajstić information content (AvgIpc) is 2.26. The zero-order valence-electron chi connectivity index (χ0n) is 8.33. The minimum absolute atomic E-state index is 0.0849. The fourth-order valence-corrected chi connectivity index (χ4v) is 2.17. The molecule has 2 rings (SSSR count). The highest BCUT2D eigenvalue weighted by Gasteiger charge is 2.57. The SMILES string of the molecule is CC1(CO)CCC1(F)c1ccccc1. The molecule has 14 heavy (non-hydrogen) atoms. The summed E-state index contributed by atoms with van der Waals surface area (Å²) in [6.07, 6.45) is 1.28. The van der Waals surface area contributed by atoms with E-state index in [0.29, 0.717) is 12.0 Å². The second-order valence-corrected chi connectivity index (χ2v) is 4.39. The van der Waals surface area contributed by atoms with Gasteiger partial charge in [-0.15, -0.1) is 0 Å². The highest BCUT2D eigenvalue weighted by Crippen LogP contribution is 2.58. The third-order valence-corrected chi connectivity index (χ3v) is 3.56. The molecule has 0 bridgehead atoms. The number of benzene rings is 1. The lowest BCUT2D eigenvalue weighted by molar-refractivity contribution is -0.128. The molecule has 1 aromatic rings. The lowest BCUT2D eigenvalue weighted by Gasteiger charge is -2.51. The van der Waals surface area contributed by atoms with Gasteiger partial charge in [-0.05, 0) is 18.4 Å². The highest BCUT2D eigenvalue weighted by atomic mass is 19.1. The Hall–Kier alpha value is -0.890. The number of aliphatic hydroxyl groups is 1. The second kappa shape index (κ2) is 3.06. The molecular weight excluding hydrogens is 179 g/mol. The van der Waals surface area contributed by atoms with Crippen LogP contribution in [0.1, 0.15) is 25.3 Å². The van der Waals surface area contributed by atoms with Crippen LogP contribution >= 0.6 is 0 Å². The maximum Gasteiger partial charge on any atom is 0.143 e. The molecule has 1 aromatic carbocycles. The predicted molar refractivity (Wildman–Crippen MR) is 53.7 cm³/mol. The van der Waals surface area contributed by atoms with Crippen LogP contribution in [0, 0.1) is 5.41 Å². The molecule has 0 radical (unpaired) electrons. The Morgan fingerprint density at radius 2 is 1.93 bits per heavy atom. The summed E-state index contributed by atoms with van der Waals surface area (Å²) in [4.78, 5) is 0. The molecule has 1 nitrogen and oxygen atoms in total. The fraction of sp³-hybridized carbons (Fsp3) is 0.500. The van der Waals surface area contributed by atoms with Crippen LogP contribution in [0.25, 0.3) is 0 Å². The Balaban J connectivity index is 2.35. The number of hydrogen-bond donors (Lipinski definition) is 1. The molecule has 76 valence electrons. The van der Waals surface area contributed by atoms with Gasteiger partial charge in [-0.2, -0.15) is 0 Å². The van der Waals surface area contributed by atoms with Crippen molar-refractivity contribution in [3.05, 3.63) is 35.9 Å². The van der Waals surface area contributed by atoms with Gasteiger partial charge in [-0.3, -0.25) is 0 Å². The third-order valence-electron chi connectivity index (χ3n) is 3.56. The summed E-state index contributed by atoms with van der Waals surface area (Å²) >= 11 is 0. The topological polar surface area (TPSA) is 20.2 Å². The van der Waals surface area contributed by atoms with Crippen LogP contribution in [0.2, 0.25) is 0 Å². The highest BCUT2D eigenvalue weighted by molar-refractivity contribution is 5.28. The Labute approximate surface area is 83.6 Å². The molecule has 0 saturated heterocycles. The molecule has 1 fully saturated rings. The molecule has 0 aliphatic heterocycles. The van der Waals surface area contributed by atoms with E-state index in [2.05, 4.69) is 0 Å². The van der Waals surface area contributed by atoms with E-state index in [0.717, 1.165) is 6.42 Å². The first-order chi connectivity index (χ1) is 6.62. The van der Waals surface area contributed by atoms with Crippen molar-refractivity contribution < 1.29 is 9.50 Å². The second-order valence-electron chi connectivity index (χ2n) is 4.39. The van der Waals surface area contributed by atoms with Crippen LogP contribution in [-0.4, -0.2) is 11.7 Å². The first-order valence-electron chi connectivity index (χ1n) is 4.98. The van der Waals surface area contributed by atoms with Gasteiger partial charge in [0.2, 0.25) is 0 Å². The Kier molecular flexibility index (Phi) is 2.11. The zero-order valence-corrected chi connectivity index (χ0v) is 8.33. The maximum atomic E-state index is 14.5. The molecule has 1 aliphatic carbocycles. The first kappa shape index (κ1) is 9.66. The first-order valence-corrected chi connectivity index (χ1v) is 4.98. The third kappa shape index (κ3) is 1.10. The van der Waals surface area contributed by atoms with Crippen LogP contribution in [0.15, 0.2) is 30.3 Å². The van der Waals surface area contributed by atoms with E-state index < -0.39 is 11.1 Å². The number of aliphatic hydroxyl groups excluding tert-OH is 1. The van der Waals surface area contributed by atoms with E-state index in [1.165, 1.54) is 0 Å². The molecule has 0 spiro atoms.